The fourth-order valence-corrected chi connectivity index (χ4v) is 1.96. The highest BCUT2D eigenvalue weighted by molar-refractivity contribution is 6.26. The molecule has 0 aromatic rings. The predicted molar refractivity (Wildman–Crippen MR) is 61.8 cm³/mol. The first-order valence-corrected chi connectivity index (χ1v) is 5.30. The molecule has 0 bridgehead atoms. The summed E-state index contributed by atoms with van der Waals surface area (Å²) in [5, 5.41) is 0. The van der Waals surface area contributed by atoms with Crippen molar-refractivity contribution in [2.75, 3.05) is 7.11 Å². The molecule has 0 aromatic carbocycles. The maximum absolute atomic E-state index is 13.5. The quantitative estimate of drug-likeness (QED) is 0.671. The van der Waals surface area contributed by atoms with Crippen LogP contribution in [-0.4, -0.2) is 18.1 Å². The lowest BCUT2D eigenvalue weighted by atomic mass is 9.86. The Hall–Kier alpha value is -0.600. The third kappa shape index (κ3) is 2.16. The minimum atomic E-state index is -1.13. The van der Waals surface area contributed by atoms with Gasteiger partial charge in [0.2, 0.25) is 0 Å². The van der Waals surface area contributed by atoms with Gasteiger partial charge < -0.3 is 4.74 Å². The molecule has 0 N–H and O–H groups in total. The van der Waals surface area contributed by atoms with E-state index in [0.29, 0.717) is 0 Å². The fraction of sp³-hybridized carbons (Fsp3) is 0.500. The van der Waals surface area contributed by atoms with Crippen molar-refractivity contribution in [3.8, 4) is 0 Å². The molecule has 84 valence electrons. The zero-order valence-electron chi connectivity index (χ0n) is 9.31. The van der Waals surface area contributed by atoms with Gasteiger partial charge in [0.1, 0.15) is 16.8 Å². The average molecular weight is 231 g/mol. The Labute approximate surface area is 95.3 Å². The number of hydrogen-bond acceptors (Lipinski definition) is 1. The second-order valence-corrected chi connectivity index (χ2v) is 4.57. The zero-order valence-corrected chi connectivity index (χ0v) is 10.1. The molecule has 0 spiro atoms. The maximum Gasteiger partial charge on any atom is 0.124 e. The molecule has 0 fully saturated rings. The van der Waals surface area contributed by atoms with E-state index in [1.54, 1.807) is 13.0 Å². The van der Waals surface area contributed by atoms with E-state index in [9.17, 15) is 4.39 Å². The SMILES string of the molecule is C=C(CC)C1=CC=C(F)C(C)(Cl)C1OC. The first kappa shape index (κ1) is 12.5. The number of allylic oxidation sites excluding steroid dienone is 2. The van der Waals surface area contributed by atoms with E-state index in [1.165, 1.54) is 13.2 Å². The van der Waals surface area contributed by atoms with E-state index in [-0.39, 0.29) is 5.83 Å². The van der Waals surface area contributed by atoms with Crippen LogP contribution in [0.1, 0.15) is 20.3 Å². The molecular weight excluding hydrogens is 215 g/mol. The Morgan fingerprint density at radius 3 is 2.73 bits per heavy atom. The number of rotatable bonds is 3. The van der Waals surface area contributed by atoms with Crippen LogP contribution in [0.25, 0.3) is 0 Å². The number of ether oxygens (including phenoxy) is 1. The van der Waals surface area contributed by atoms with Gasteiger partial charge in [0.15, 0.2) is 0 Å². The summed E-state index contributed by atoms with van der Waals surface area (Å²) in [6.07, 6.45) is 3.41. The largest absolute Gasteiger partial charge is 0.374 e. The van der Waals surface area contributed by atoms with Gasteiger partial charge in [0, 0.05) is 7.11 Å². The van der Waals surface area contributed by atoms with Crippen molar-refractivity contribution in [2.45, 2.75) is 31.2 Å². The first-order chi connectivity index (χ1) is 6.95. The van der Waals surface area contributed by atoms with Gasteiger partial charge in [-0.05, 0) is 30.6 Å². The summed E-state index contributed by atoms with van der Waals surface area (Å²) in [6, 6.07) is 0. The first-order valence-electron chi connectivity index (χ1n) is 4.92. The fourth-order valence-electron chi connectivity index (χ4n) is 1.69. The molecule has 0 heterocycles. The number of halogens is 2. The molecule has 1 aliphatic carbocycles. The molecule has 0 aliphatic heterocycles. The van der Waals surface area contributed by atoms with Gasteiger partial charge in [-0.25, -0.2) is 4.39 Å². The summed E-state index contributed by atoms with van der Waals surface area (Å²) >= 11 is 6.13. The van der Waals surface area contributed by atoms with Gasteiger partial charge in [-0.2, -0.15) is 0 Å². The van der Waals surface area contributed by atoms with Crippen molar-refractivity contribution in [1.29, 1.82) is 0 Å². The monoisotopic (exact) mass is 230 g/mol. The van der Waals surface area contributed by atoms with Crippen molar-refractivity contribution in [2.24, 2.45) is 0 Å². The van der Waals surface area contributed by atoms with Crippen molar-refractivity contribution in [3.63, 3.8) is 0 Å². The standard InChI is InChI=1S/C12H16ClFO/c1-5-8(2)9-6-7-10(14)12(3,13)11(9)15-4/h6-7,11H,2,5H2,1,3-4H3. The van der Waals surface area contributed by atoms with Crippen LogP contribution < -0.4 is 0 Å². The summed E-state index contributed by atoms with van der Waals surface area (Å²) in [6.45, 7) is 7.54. The lowest BCUT2D eigenvalue weighted by Gasteiger charge is -2.34. The van der Waals surface area contributed by atoms with Gasteiger partial charge in [-0.15, -0.1) is 11.6 Å². The molecule has 15 heavy (non-hydrogen) atoms. The molecule has 0 amide bonds. The minimum Gasteiger partial charge on any atom is -0.374 e. The van der Waals surface area contributed by atoms with Crippen LogP contribution in [0.5, 0.6) is 0 Å². The van der Waals surface area contributed by atoms with E-state index in [0.717, 1.165) is 17.6 Å². The normalized spacial score (nSPS) is 30.9. The smallest absolute Gasteiger partial charge is 0.124 e. The summed E-state index contributed by atoms with van der Waals surface area (Å²) in [7, 11) is 1.53. The second kappa shape index (κ2) is 4.50. The molecule has 0 radical (unpaired) electrons. The Morgan fingerprint density at radius 1 is 1.67 bits per heavy atom. The molecule has 0 saturated heterocycles. The molecule has 1 rings (SSSR count). The Kier molecular flexibility index (Phi) is 3.74. The Morgan fingerprint density at radius 2 is 2.27 bits per heavy atom. The Bertz CT molecular complexity index is 329. The van der Waals surface area contributed by atoms with Crippen LogP contribution in [0.2, 0.25) is 0 Å². The van der Waals surface area contributed by atoms with Gasteiger partial charge in [0.05, 0.1) is 0 Å². The van der Waals surface area contributed by atoms with Gasteiger partial charge in [0.25, 0.3) is 0 Å². The van der Waals surface area contributed by atoms with Crippen molar-refractivity contribution >= 4 is 11.6 Å². The van der Waals surface area contributed by atoms with Gasteiger partial charge >= 0.3 is 0 Å². The van der Waals surface area contributed by atoms with Crippen molar-refractivity contribution in [3.05, 3.63) is 35.7 Å². The van der Waals surface area contributed by atoms with Crippen LogP contribution in [0.4, 0.5) is 4.39 Å². The molecule has 1 aliphatic rings. The van der Waals surface area contributed by atoms with Crippen LogP contribution in [0, 0.1) is 0 Å². The van der Waals surface area contributed by atoms with E-state index in [2.05, 4.69) is 6.58 Å². The molecule has 0 saturated carbocycles. The highest BCUT2D eigenvalue weighted by atomic mass is 35.5. The lowest BCUT2D eigenvalue weighted by Crippen LogP contribution is -2.39. The lowest BCUT2D eigenvalue weighted by molar-refractivity contribution is 0.102. The summed E-state index contributed by atoms with van der Waals surface area (Å²) in [5.74, 6) is -0.372. The third-order valence-corrected chi connectivity index (χ3v) is 3.10. The average Bonchev–Trinajstić information content (AvgIpc) is 2.20. The van der Waals surface area contributed by atoms with E-state index in [4.69, 9.17) is 16.3 Å². The van der Waals surface area contributed by atoms with E-state index < -0.39 is 11.0 Å². The Balaban J connectivity index is 3.12. The summed E-state index contributed by atoms with van der Waals surface area (Å²) in [5.41, 5.74) is 1.80. The highest BCUT2D eigenvalue weighted by Gasteiger charge is 2.41. The maximum atomic E-state index is 13.5. The van der Waals surface area contributed by atoms with Crippen molar-refractivity contribution < 1.29 is 9.13 Å². The molecule has 0 aromatic heterocycles. The second-order valence-electron chi connectivity index (χ2n) is 3.79. The molecular formula is C12H16ClFO. The van der Waals surface area contributed by atoms with Crippen molar-refractivity contribution in [1.82, 2.24) is 0 Å². The van der Waals surface area contributed by atoms with Crippen LogP contribution in [-0.2, 0) is 4.74 Å². The van der Waals surface area contributed by atoms with Crippen LogP contribution >= 0.6 is 11.6 Å². The van der Waals surface area contributed by atoms with Crippen LogP contribution in [0.15, 0.2) is 35.7 Å². The predicted octanol–water partition coefficient (Wildman–Crippen LogP) is 3.76. The highest BCUT2D eigenvalue weighted by Crippen LogP contribution is 2.40. The summed E-state index contributed by atoms with van der Waals surface area (Å²) < 4.78 is 18.8. The van der Waals surface area contributed by atoms with E-state index >= 15 is 0 Å². The van der Waals surface area contributed by atoms with Gasteiger partial charge in [-0.1, -0.05) is 19.6 Å². The van der Waals surface area contributed by atoms with Gasteiger partial charge in [-0.3, -0.25) is 0 Å². The number of methoxy groups -OCH3 is 1. The topological polar surface area (TPSA) is 9.23 Å². The molecule has 3 heteroatoms. The number of hydrogen-bond donors (Lipinski definition) is 0. The summed E-state index contributed by atoms with van der Waals surface area (Å²) in [4.78, 5) is -1.13. The molecule has 2 atom stereocenters. The molecule has 2 unspecified atom stereocenters. The number of alkyl halides is 1. The van der Waals surface area contributed by atoms with Crippen LogP contribution in [0.3, 0.4) is 0 Å². The minimum absolute atomic E-state index is 0.372. The van der Waals surface area contributed by atoms with E-state index in [1.807, 2.05) is 6.92 Å². The third-order valence-electron chi connectivity index (χ3n) is 2.72. The molecule has 1 nitrogen and oxygen atoms in total. The zero-order chi connectivity index (χ0) is 11.6.